The van der Waals surface area contributed by atoms with Gasteiger partial charge in [-0.1, -0.05) is 20.8 Å². The molecule has 0 amide bonds. The van der Waals surface area contributed by atoms with Crippen LogP contribution in [0.5, 0.6) is 0 Å². The number of carbonyl (C=O) groups is 2. The van der Waals surface area contributed by atoms with Gasteiger partial charge in [-0.3, -0.25) is 9.59 Å². The van der Waals surface area contributed by atoms with Crippen LogP contribution in [-0.2, 0) is 14.3 Å². The third kappa shape index (κ3) is 1.15. The van der Waals surface area contributed by atoms with Crippen LogP contribution >= 0.6 is 0 Å². The zero-order valence-electron chi connectivity index (χ0n) is 12.6. The van der Waals surface area contributed by atoms with Crippen molar-refractivity contribution < 1.29 is 14.3 Å². The van der Waals surface area contributed by atoms with E-state index < -0.39 is 5.60 Å². The number of carbonyl (C=O) groups excluding carboxylic acids is 2. The van der Waals surface area contributed by atoms with Crippen molar-refractivity contribution in [1.82, 2.24) is 0 Å². The van der Waals surface area contributed by atoms with Crippen molar-refractivity contribution in [2.45, 2.75) is 59.0 Å². The first kappa shape index (κ1) is 13.3. The molecular weight excluding hydrogens is 240 g/mol. The number of rotatable bonds is 1. The number of methoxy groups -OCH3 is 1. The minimum Gasteiger partial charge on any atom is -0.370 e. The molecule has 3 aliphatic carbocycles. The zero-order valence-corrected chi connectivity index (χ0v) is 12.6. The summed E-state index contributed by atoms with van der Waals surface area (Å²) >= 11 is 0. The first-order valence-electron chi connectivity index (χ1n) is 7.26. The van der Waals surface area contributed by atoms with Crippen molar-refractivity contribution in [3.8, 4) is 0 Å². The molecule has 0 aromatic carbocycles. The highest BCUT2D eigenvalue weighted by molar-refractivity contribution is 5.98. The van der Waals surface area contributed by atoms with Gasteiger partial charge in [-0.15, -0.1) is 0 Å². The van der Waals surface area contributed by atoms with Gasteiger partial charge in [0.25, 0.3) is 0 Å². The maximum absolute atomic E-state index is 12.6. The molecule has 1 unspecified atom stereocenters. The van der Waals surface area contributed by atoms with E-state index in [1.807, 2.05) is 6.92 Å². The first-order valence-corrected chi connectivity index (χ1v) is 7.26. The van der Waals surface area contributed by atoms with Gasteiger partial charge in [0.15, 0.2) is 5.78 Å². The molecule has 3 nitrogen and oxygen atoms in total. The molecule has 3 heteroatoms. The minimum atomic E-state index is -0.785. The van der Waals surface area contributed by atoms with Crippen molar-refractivity contribution in [2.24, 2.45) is 22.2 Å². The molecule has 0 radical (unpaired) electrons. The lowest BCUT2D eigenvalue weighted by atomic mass is 9.59. The van der Waals surface area contributed by atoms with Gasteiger partial charge in [0.2, 0.25) is 0 Å². The van der Waals surface area contributed by atoms with Crippen molar-refractivity contribution in [3.63, 3.8) is 0 Å². The molecule has 0 heterocycles. The van der Waals surface area contributed by atoms with Crippen LogP contribution in [0, 0.1) is 22.2 Å². The van der Waals surface area contributed by atoms with Crippen molar-refractivity contribution in [2.75, 3.05) is 7.11 Å². The minimum absolute atomic E-state index is 0.0146. The van der Waals surface area contributed by atoms with E-state index in [2.05, 4.69) is 20.8 Å². The maximum Gasteiger partial charge on any atom is 0.165 e. The highest BCUT2D eigenvalue weighted by Crippen LogP contribution is 2.76. The smallest absolute Gasteiger partial charge is 0.165 e. The summed E-state index contributed by atoms with van der Waals surface area (Å²) in [6, 6.07) is 0. The van der Waals surface area contributed by atoms with Gasteiger partial charge in [-0.2, -0.15) is 0 Å². The van der Waals surface area contributed by atoms with Crippen LogP contribution in [0.2, 0.25) is 0 Å². The van der Waals surface area contributed by atoms with Crippen LogP contribution in [0.3, 0.4) is 0 Å². The van der Waals surface area contributed by atoms with E-state index in [4.69, 9.17) is 4.74 Å². The average Bonchev–Trinajstić information content (AvgIpc) is 2.77. The van der Waals surface area contributed by atoms with E-state index in [0.29, 0.717) is 18.6 Å². The largest absolute Gasteiger partial charge is 0.370 e. The Bertz CT molecular complexity index is 480. The molecule has 3 saturated carbocycles. The number of ketones is 2. The predicted octanol–water partition coefficient (Wildman–Crippen LogP) is 2.77. The Morgan fingerprint density at radius 2 is 1.68 bits per heavy atom. The standard InChI is InChI=1S/C16H24O3/c1-13(2)6-7-16-12(13)10(17)8-14(16,3)9-11(18)15(16,4)19-5/h12H,6-9H2,1-5H3/t12-,14-,15?,16-/m1/s1. The lowest BCUT2D eigenvalue weighted by molar-refractivity contribution is -0.158. The molecule has 0 bridgehead atoms. The van der Waals surface area contributed by atoms with E-state index >= 15 is 0 Å². The maximum atomic E-state index is 12.6. The second kappa shape index (κ2) is 3.30. The van der Waals surface area contributed by atoms with Gasteiger partial charge in [-0.25, -0.2) is 0 Å². The predicted molar refractivity (Wildman–Crippen MR) is 71.7 cm³/mol. The topological polar surface area (TPSA) is 43.4 Å². The Hall–Kier alpha value is -0.700. The van der Waals surface area contributed by atoms with Crippen LogP contribution in [0.15, 0.2) is 0 Å². The SMILES string of the molecule is COC1(C)C(=O)C[C@@]2(C)CC(=O)[C@@H]3C(C)(C)CC[C@]312. The molecule has 0 saturated heterocycles. The molecule has 3 rings (SSSR count). The number of Topliss-reactive ketones (excluding diaryl/α,β-unsaturated/α-hetero) is 2. The van der Waals surface area contributed by atoms with Gasteiger partial charge >= 0.3 is 0 Å². The summed E-state index contributed by atoms with van der Waals surface area (Å²) in [6.07, 6.45) is 2.98. The third-order valence-electron chi connectivity index (χ3n) is 6.74. The summed E-state index contributed by atoms with van der Waals surface area (Å²) in [7, 11) is 1.63. The normalized spacial score (nSPS) is 51.5. The first-order chi connectivity index (χ1) is 8.65. The van der Waals surface area contributed by atoms with Gasteiger partial charge in [-0.05, 0) is 30.6 Å². The highest BCUT2D eigenvalue weighted by atomic mass is 16.5. The lowest BCUT2D eigenvalue weighted by Gasteiger charge is -2.47. The average molecular weight is 264 g/mol. The molecule has 0 aliphatic heterocycles. The van der Waals surface area contributed by atoms with E-state index in [1.165, 1.54) is 0 Å². The number of hydrogen-bond acceptors (Lipinski definition) is 3. The summed E-state index contributed by atoms with van der Waals surface area (Å²) < 4.78 is 5.73. The van der Waals surface area contributed by atoms with Crippen molar-refractivity contribution in [1.29, 1.82) is 0 Å². The second-order valence-corrected chi connectivity index (χ2v) is 7.93. The van der Waals surface area contributed by atoms with Gasteiger partial charge in [0.1, 0.15) is 11.4 Å². The van der Waals surface area contributed by atoms with Crippen molar-refractivity contribution in [3.05, 3.63) is 0 Å². The van der Waals surface area contributed by atoms with Gasteiger partial charge < -0.3 is 4.74 Å². The monoisotopic (exact) mass is 264 g/mol. The summed E-state index contributed by atoms with van der Waals surface area (Å²) in [5, 5.41) is 0. The third-order valence-corrected chi connectivity index (χ3v) is 6.74. The lowest BCUT2D eigenvalue weighted by Crippen LogP contribution is -2.54. The fourth-order valence-electron chi connectivity index (χ4n) is 5.86. The molecule has 1 spiro atoms. The van der Waals surface area contributed by atoms with Crippen LogP contribution in [-0.4, -0.2) is 24.3 Å². The van der Waals surface area contributed by atoms with E-state index in [-0.39, 0.29) is 27.9 Å². The molecule has 3 aliphatic rings. The molecule has 3 fully saturated rings. The molecular formula is C16H24O3. The Morgan fingerprint density at radius 3 is 2.26 bits per heavy atom. The van der Waals surface area contributed by atoms with Crippen LogP contribution in [0.1, 0.15) is 53.4 Å². The van der Waals surface area contributed by atoms with E-state index in [1.54, 1.807) is 7.11 Å². The Kier molecular flexibility index (Phi) is 2.31. The summed E-state index contributed by atoms with van der Waals surface area (Å²) in [6.45, 7) is 8.41. The number of ether oxygens (including phenoxy) is 1. The summed E-state index contributed by atoms with van der Waals surface area (Å²) in [5.41, 5.74) is -1.29. The highest BCUT2D eigenvalue weighted by Gasteiger charge is 2.79. The van der Waals surface area contributed by atoms with E-state index in [0.717, 1.165) is 12.8 Å². The second-order valence-electron chi connectivity index (χ2n) is 7.93. The Morgan fingerprint density at radius 1 is 1.05 bits per heavy atom. The van der Waals surface area contributed by atoms with Crippen LogP contribution < -0.4 is 0 Å². The summed E-state index contributed by atoms with van der Waals surface area (Å²) in [4.78, 5) is 25.2. The number of hydrogen-bond donors (Lipinski definition) is 0. The molecule has 4 atom stereocenters. The van der Waals surface area contributed by atoms with Crippen molar-refractivity contribution >= 4 is 11.6 Å². The van der Waals surface area contributed by atoms with E-state index in [9.17, 15) is 9.59 Å². The molecule has 0 aromatic rings. The fraction of sp³-hybridized carbons (Fsp3) is 0.875. The quantitative estimate of drug-likeness (QED) is 0.731. The summed E-state index contributed by atoms with van der Waals surface area (Å²) in [5.74, 6) is 0.509. The van der Waals surface area contributed by atoms with Crippen LogP contribution in [0.4, 0.5) is 0 Å². The van der Waals surface area contributed by atoms with Gasteiger partial charge in [0.05, 0.1) is 0 Å². The Labute approximate surface area is 115 Å². The van der Waals surface area contributed by atoms with Crippen LogP contribution in [0.25, 0.3) is 0 Å². The molecule has 106 valence electrons. The zero-order chi connectivity index (χ0) is 14.3. The molecule has 0 N–H and O–H groups in total. The molecule has 19 heavy (non-hydrogen) atoms. The molecule has 0 aromatic heterocycles. The van der Waals surface area contributed by atoms with Gasteiger partial charge in [0, 0.05) is 31.3 Å². The fourth-order valence-corrected chi connectivity index (χ4v) is 5.86. The Balaban J connectivity index is 2.26.